The third-order valence-corrected chi connectivity index (χ3v) is 3.36. The van der Waals surface area contributed by atoms with Crippen molar-refractivity contribution in [3.05, 3.63) is 0 Å². The number of rotatable bonds is 7. The van der Waals surface area contributed by atoms with Crippen LogP contribution in [0.3, 0.4) is 0 Å². The first kappa shape index (κ1) is 18.4. The summed E-state index contributed by atoms with van der Waals surface area (Å²) in [7, 11) is 0. The molecule has 2 amide bonds. The van der Waals surface area contributed by atoms with Gasteiger partial charge in [-0.1, -0.05) is 0 Å². The molecule has 0 unspecified atom stereocenters. The Morgan fingerprint density at radius 2 is 1.91 bits per heavy atom. The smallest absolute Gasteiger partial charge is 0.311 e. The number of nitrogens with zero attached hydrogens (tertiary/aromatic N) is 1. The minimum atomic E-state index is -0.679. The lowest BCUT2D eigenvalue weighted by atomic mass is 9.97. The Morgan fingerprint density at radius 1 is 1.23 bits per heavy atom. The van der Waals surface area contributed by atoms with Crippen molar-refractivity contribution < 1.29 is 29.0 Å². The molecule has 8 nitrogen and oxygen atoms in total. The number of amides is 2. The lowest BCUT2D eigenvalue weighted by Gasteiger charge is -2.30. The van der Waals surface area contributed by atoms with E-state index < -0.39 is 11.8 Å². The molecular formula is C14H24N2O6. The topological polar surface area (TPSA) is 105 Å². The first-order valence-electron chi connectivity index (χ1n) is 7.52. The number of aliphatic hydroxyl groups excluding tert-OH is 1. The third-order valence-electron chi connectivity index (χ3n) is 3.36. The maximum absolute atomic E-state index is 11.9. The van der Waals surface area contributed by atoms with Gasteiger partial charge in [-0.05, 0) is 19.8 Å². The Labute approximate surface area is 129 Å². The van der Waals surface area contributed by atoms with E-state index in [1.807, 2.05) is 0 Å². The summed E-state index contributed by atoms with van der Waals surface area (Å²) < 4.78 is 9.94. The lowest BCUT2D eigenvalue weighted by Crippen LogP contribution is -2.47. The van der Waals surface area contributed by atoms with Crippen molar-refractivity contribution in [1.29, 1.82) is 0 Å². The summed E-state index contributed by atoms with van der Waals surface area (Å²) in [6.07, 6.45) is 1.02. The van der Waals surface area contributed by atoms with Gasteiger partial charge in [0.25, 0.3) is 0 Å². The van der Waals surface area contributed by atoms with Crippen molar-refractivity contribution >= 4 is 17.8 Å². The van der Waals surface area contributed by atoms with Gasteiger partial charge in [0.05, 0.1) is 32.3 Å². The van der Waals surface area contributed by atoms with Crippen molar-refractivity contribution in [2.75, 3.05) is 46.1 Å². The van der Waals surface area contributed by atoms with Gasteiger partial charge in [0.2, 0.25) is 0 Å². The minimum Gasteiger partial charge on any atom is -0.466 e. The number of nitrogens with one attached hydrogen (secondary N) is 1. The number of carbonyl (C=O) groups excluding carboxylic acids is 3. The summed E-state index contributed by atoms with van der Waals surface area (Å²) in [5.74, 6) is -1.70. The van der Waals surface area contributed by atoms with Crippen LogP contribution in [0.15, 0.2) is 0 Å². The number of hydrogen-bond acceptors (Lipinski definition) is 6. The largest absolute Gasteiger partial charge is 0.466 e. The number of esters is 1. The first-order chi connectivity index (χ1) is 10.6. The highest BCUT2D eigenvalue weighted by Crippen LogP contribution is 2.18. The van der Waals surface area contributed by atoms with E-state index in [-0.39, 0.29) is 38.3 Å². The number of aliphatic hydroxyl groups is 1. The molecule has 0 radical (unpaired) electrons. The Bertz CT molecular complexity index is 380. The van der Waals surface area contributed by atoms with E-state index in [9.17, 15) is 14.4 Å². The average molecular weight is 316 g/mol. The van der Waals surface area contributed by atoms with E-state index in [1.54, 1.807) is 6.92 Å². The van der Waals surface area contributed by atoms with E-state index in [1.165, 1.54) is 4.90 Å². The second-order valence-electron chi connectivity index (χ2n) is 4.91. The second-order valence-corrected chi connectivity index (χ2v) is 4.91. The predicted octanol–water partition coefficient (Wildman–Crippen LogP) is -1.09. The van der Waals surface area contributed by atoms with Gasteiger partial charge in [0, 0.05) is 19.6 Å². The molecule has 0 saturated carbocycles. The normalized spacial score (nSPS) is 15.5. The number of likely N-dealkylation sites (tertiary alicyclic amines) is 1. The Balaban J connectivity index is 2.26. The van der Waals surface area contributed by atoms with E-state index >= 15 is 0 Å². The third kappa shape index (κ3) is 5.98. The zero-order chi connectivity index (χ0) is 16.4. The van der Waals surface area contributed by atoms with E-state index in [2.05, 4.69) is 5.32 Å². The molecule has 1 saturated heterocycles. The Morgan fingerprint density at radius 3 is 2.50 bits per heavy atom. The van der Waals surface area contributed by atoms with E-state index in [0.29, 0.717) is 32.5 Å². The van der Waals surface area contributed by atoms with Gasteiger partial charge in [-0.25, -0.2) is 0 Å². The lowest BCUT2D eigenvalue weighted by molar-refractivity contribution is -0.152. The summed E-state index contributed by atoms with van der Waals surface area (Å²) in [4.78, 5) is 36.7. The molecule has 1 fully saturated rings. The highest BCUT2D eigenvalue weighted by atomic mass is 16.5. The molecule has 1 aliphatic heterocycles. The number of piperidine rings is 1. The van der Waals surface area contributed by atoms with Crippen LogP contribution in [0, 0.1) is 5.92 Å². The number of ether oxygens (including phenoxy) is 2. The average Bonchev–Trinajstić information content (AvgIpc) is 2.54. The summed E-state index contributed by atoms with van der Waals surface area (Å²) in [6.45, 7) is 3.42. The van der Waals surface area contributed by atoms with Crippen LogP contribution in [-0.4, -0.2) is 73.9 Å². The standard InChI is InChI=1S/C14H24N2O6/c1-2-22-14(20)11-3-6-16(7-4-11)13(19)12(18)15-5-9-21-10-8-17/h11,17H,2-10H2,1H3,(H,15,18). The van der Waals surface area contributed by atoms with Gasteiger partial charge in [-0.15, -0.1) is 0 Å². The summed E-state index contributed by atoms with van der Waals surface area (Å²) in [6, 6.07) is 0. The molecule has 0 aromatic rings. The fraction of sp³-hybridized carbons (Fsp3) is 0.786. The molecule has 126 valence electrons. The van der Waals surface area contributed by atoms with Crippen molar-refractivity contribution in [3.8, 4) is 0 Å². The summed E-state index contributed by atoms with van der Waals surface area (Å²) in [5.41, 5.74) is 0. The Hall–Kier alpha value is -1.67. The molecular weight excluding hydrogens is 292 g/mol. The molecule has 0 aromatic heterocycles. The van der Waals surface area contributed by atoms with E-state index in [4.69, 9.17) is 14.6 Å². The monoisotopic (exact) mass is 316 g/mol. The highest BCUT2D eigenvalue weighted by molar-refractivity contribution is 6.35. The fourth-order valence-electron chi connectivity index (χ4n) is 2.20. The maximum atomic E-state index is 11.9. The predicted molar refractivity (Wildman–Crippen MR) is 76.9 cm³/mol. The van der Waals surface area contributed by atoms with Crippen LogP contribution in [0.1, 0.15) is 19.8 Å². The highest BCUT2D eigenvalue weighted by Gasteiger charge is 2.30. The minimum absolute atomic E-state index is 0.0811. The quantitative estimate of drug-likeness (QED) is 0.351. The molecule has 0 spiro atoms. The van der Waals surface area contributed by atoms with Crippen LogP contribution in [0.4, 0.5) is 0 Å². The van der Waals surface area contributed by atoms with Gasteiger partial charge >= 0.3 is 17.8 Å². The first-order valence-corrected chi connectivity index (χ1v) is 7.52. The van der Waals surface area contributed by atoms with Crippen LogP contribution in [-0.2, 0) is 23.9 Å². The van der Waals surface area contributed by atoms with Gasteiger partial charge in [0.1, 0.15) is 0 Å². The number of carbonyl (C=O) groups is 3. The maximum Gasteiger partial charge on any atom is 0.311 e. The SMILES string of the molecule is CCOC(=O)C1CCN(C(=O)C(=O)NCCOCCO)CC1. The zero-order valence-electron chi connectivity index (χ0n) is 12.9. The van der Waals surface area contributed by atoms with Crippen LogP contribution >= 0.6 is 0 Å². The van der Waals surface area contributed by atoms with Gasteiger partial charge in [-0.3, -0.25) is 14.4 Å². The van der Waals surface area contributed by atoms with Gasteiger partial charge in [-0.2, -0.15) is 0 Å². The van der Waals surface area contributed by atoms with Crippen molar-refractivity contribution in [2.24, 2.45) is 5.92 Å². The molecule has 0 atom stereocenters. The second kappa shape index (κ2) is 10.1. The molecule has 0 aliphatic carbocycles. The molecule has 22 heavy (non-hydrogen) atoms. The molecule has 0 aromatic carbocycles. The molecule has 1 heterocycles. The number of hydrogen-bond donors (Lipinski definition) is 2. The molecule has 8 heteroatoms. The van der Waals surface area contributed by atoms with Crippen LogP contribution < -0.4 is 5.32 Å². The van der Waals surface area contributed by atoms with Crippen LogP contribution in [0.25, 0.3) is 0 Å². The zero-order valence-corrected chi connectivity index (χ0v) is 12.9. The molecule has 2 N–H and O–H groups in total. The molecule has 0 bridgehead atoms. The summed E-state index contributed by atoms with van der Waals surface area (Å²) >= 11 is 0. The van der Waals surface area contributed by atoms with E-state index in [0.717, 1.165) is 0 Å². The molecule has 1 rings (SSSR count). The molecule has 1 aliphatic rings. The van der Waals surface area contributed by atoms with Crippen LogP contribution in [0.2, 0.25) is 0 Å². The Kier molecular flexibility index (Phi) is 8.46. The van der Waals surface area contributed by atoms with Crippen molar-refractivity contribution in [2.45, 2.75) is 19.8 Å². The summed E-state index contributed by atoms with van der Waals surface area (Å²) in [5, 5.41) is 11.0. The van der Waals surface area contributed by atoms with Gasteiger partial charge < -0.3 is 24.8 Å². The fourth-order valence-corrected chi connectivity index (χ4v) is 2.20. The van der Waals surface area contributed by atoms with Crippen molar-refractivity contribution in [3.63, 3.8) is 0 Å². The van der Waals surface area contributed by atoms with Crippen LogP contribution in [0.5, 0.6) is 0 Å². The van der Waals surface area contributed by atoms with Crippen molar-refractivity contribution in [1.82, 2.24) is 10.2 Å². The van der Waals surface area contributed by atoms with Gasteiger partial charge in [0.15, 0.2) is 0 Å².